The summed E-state index contributed by atoms with van der Waals surface area (Å²) in [4.78, 5) is 8.23. The molecule has 0 unspecified atom stereocenters. The summed E-state index contributed by atoms with van der Waals surface area (Å²) in [5.41, 5.74) is 1.25. The van der Waals surface area contributed by atoms with Crippen LogP contribution >= 0.6 is 11.3 Å². The minimum atomic E-state index is 0.192. The largest absolute Gasteiger partial charge is 0.395 e. The van der Waals surface area contributed by atoms with Crippen LogP contribution < -0.4 is 10.2 Å². The Morgan fingerprint density at radius 1 is 1.38 bits per heavy atom. The molecule has 0 saturated heterocycles. The van der Waals surface area contributed by atoms with Gasteiger partial charge in [-0.05, 0) is 32.1 Å². The van der Waals surface area contributed by atoms with E-state index in [0.717, 1.165) is 17.3 Å². The van der Waals surface area contributed by atoms with E-state index in [-0.39, 0.29) is 6.61 Å². The van der Waals surface area contributed by atoms with E-state index in [1.807, 2.05) is 0 Å². The van der Waals surface area contributed by atoms with Gasteiger partial charge in [0.15, 0.2) is 10.8 Å². The molecule has 21 heavy (non-hydrogen) atoms. The number of hydrogen-bond acceptors (Lipinski definition) is 5. The number of fused-ring (bicyclic) bond motifs is 1. The first-order valence-electron chi connectivity index (χ1n) is 7.92. The summed E-state index contributed by atoms with van der Waals surface area (Å²) in [7, 11) is 0. The Kier molecular flexibility index (Phi) is 3.61. The first-order chi connectivity index (χ1) is 10.4. The van der Waals surface area contributed by atoms with Crippen LogP contribution in [0.5, 0.6) is 0 Å². The normalized spacial score (nSPS) is 19.1. The molecule has 2 aliphatic rings. The van der Waals surface area contributed by atoms with Crippen molar-refractivity contribution in [2.24, 2.45) is 0 Å². The molecule has 6 heteroatoms. The third kappa shape index (κ3) is 2.56. The highest BCUT2D eigenvalue weighted by atomic mass is 32.1. The number of nitrogens with zero attached hydrogens (tertiary/aromatic N) is 3. The van der Waals surface area contributed by atoms with Gasteiger partial charge in [-0.2, -0.15) is 0 Å². The molecule has 0 radical (unpaired) electrons. The maximum absolute atomic E-state index is 9.42. The summed E-state index contributed by atoms with van der Waals surface area (Å²) >= 11 is 1.68. The highest BCUT2D eigenvalue weighted by Gasteiger charge is 2.30. The number of anilines is 1. The maximum Gasteiger partial charge on any atom is 0.195 e. The van der Waals surface area contributed by atoms with Gasteiger partial charge >= 0.3 is 0 Å². The van der Waals surface area contributed by atoms with Crippen molar-refractivity contribution in [2.45, 2.75) is 50.7 Å². The van der Waals surface area contributed by atoms with Gasteiger partial charge in [0.25, 0.3) is 0 Å². The molecule has 4 rings (SSSR count). The molecule has 0 aromatic carbocycles. The highest BCUT2D eigenvalue weighted by molar-refractivity contribution is 7.15. The maximum atomic E-state index is 9.42. The predicted molar refractivity (Wildman–Crippen MR) is 85.0 cm³/mol. The molecule has 0 amide bonds. The average Bonchev–Trinajstić information content (AvgIpc) is 3.02. The molecular formula is C15H22N4OS. The van der Waals surface area contributed by atoms with Crippen molar-refractivity contribution in [2.75, 3.05) is 18.1 Å². The Morgan fingerprint density at radius 3 is 2.90 bits per heavy atom. The molecule has 114 valence electrons. The Balaban J connectivity index is 1.66. The van der Waals surface area contributed by atoms with E-state index >= 15 is 0 Å². The number of hydrogen-bond donors (Lipinski definition) is 2. The number of aromatic nitrogens is 2. The van der Waals surface area contributed by atoms with Crippen LogP contribution in [0.25, 0.3) is 4.96 Å². The molecule has 0 aliphatic heterocycles. The van der Waals surface area contributed by atoms with E-state index in [9.17, 15) is 5.11 Å². The van der Waals surface area contributed by atoms with E-state index in [1.165, 1.54) is 37.8 Å². The minimum Gasteiger partial charge on any atom is -0.395 e. The molecule has 0 spiro atoms. The molecule has 0 bridgehead atoms. The van der Waals surface area contributed by atoms with Gasteiger partial charge in [0.1, 0.15) is 0 Å². The summed E-state index contributed by atoms with van der Waals surface area (Å²) < 4.78 is 2.21. The Labute approximate surface area is 128 Å². The Morgan fingerprint density at radius 2 is 2.24 bits per heavy atom. The molecular weight excluding hydrogens is 284 g/mol. The molecule has 2 heterocycles. The van der Waals surface area contributed by atoms with E-state index in [4.69, 9.17) is 4.98 Å². The van der Waals surface area contributed by atoms with Crippen molar-refractivity contribution >= 4 is 22.1 Å². The van der Waals surface area contributed by atoms with Crippen molar-refractivity contribution in [3.8, 4) is 0 Å². The third-order valence-electron chi connectivity index (χ3n) is 4.60. The van der Waals surface area contributed by atoms with E-state index in [1.54, 1.807) is 11.3 Å². The van der Waals surface area contributed by atoms with Crippen LogP contribution in [-0.2, 0) is 6.54 Å². The lowest BCUT2D eigenvalue weighted by Gasteiger charge is -2.38. The molecule has 2 aromatic rings. The van der Waals surface area contributed by atoms with Crippen molar-refractivity contribution in [3.05, 3.63) is 17.3 Å². The molecule has 0 atom stereocenters. The zero-order valence-corrected chi connectivity index (χ0v) is 13.0. The Bertz CT molecular complexity index is 614. The van der Waals surface area contributed by atoms with Gasteiger partial charge in [-0.15, -0.1) is 11.3 Å². The minimum absolute atomic E-state index is 0.192. The van der Waals surface area contributed by atoms with Crippen LogP contribution in [0.3, 0.4) is 0 Å². The smallest absolute Gasteiger partial charge is 0.195 e. The summed E-state index contributed by atoms with van der Waals surface area (Å²) in [5.74, 6) is 1.08. The quantitative estimate of drug-likeness (QED) is 0.821. The number of imidazole rings is 1. The van der Waals surface area contributed by atoms with Gasteiger partial charge in [-0.1, -0.05) is 0 Å². The fourth-order valence-electron chi connectivity index (χ4n) is 3.01. The Hall–Kier alpha value is -1.11. The predicted octanol–water partition coefficient (Wildman–Crippen LogP) is 2.00. The van der Waals surface area contributed by atoms with Crippen LogP contribution in [-0.4, -0.2) is 39.7 Å². The molecule has 2 fully saturated rings. The molecule has 2 aromatic heterocycles. The summed E-state index contributed by atoms with van der Waals surface area (Å²) in [6.45, 7) is 1.75. The number of nitrogens with one attached hydrogen (secondary N) is 1. The van der Waals surface area contributed by atoms with E-state index in [0.29, 0.717) is 18.6 Å². The second-order valence-corrected chi connectivity index (χ2v) is 6.97. The summed E-state index contributed by atoms with van der Waals surface area (Å²) in [6, 6.07) is 1.25. The topological polar surface area (TPSA) is 52.8 Å². The first-order valence-corrected chi connectivity index (χ1v) is 8.80. The van der Waals surface area contributed by atoms with E-state index in [2.05, 4.69) is 26.2 Å². The molecule has 5 nitrogen and oxygen atoms in total. The summed E-state index contributed by atoms with van der Waals surface area (Å²) in [5, 5.41) is 15.1. The second-order valence-electron chi connectivity index (χ2n) is 6.09. The van der Waals surface area contributed by atoms with Crippen molar-refractivity contribution in [3.63, 3.8) is 0 Å². The van der Waals surface area contributed by atoms with Crippen LogP contribution in [0, 0.1) is 0 Å². The van der Waals surface area contributed by atoms with Gasteiger partial charge in [0, 0.05) is 36.8 Å². The molecule has 2 N–H and O–H groups in total. The number of aliphatic hydroxyl groups excluding tert-OH is 1. The van der Waals surface area contributed by atoms with Crippen LogP contribution in [0.1, 0.15) is 37.8 Å². The molecule has 2 saturated carbocycles. The average molecular weight is 306 g/mol. The van der Waals surface area contributed by atoms with Crippen molar-refractivity contribution in [1.29, 1.82) is 0 Å². The zero-order chi connectivity index (χ0) is 14.2. The molecule has 2 aliphatic carbocycles. The summed E-state index contributed by atoms with van der Waals surface area (Å²) in [6.07, 6.45) is 8.44. The monoisotopic (exact) mass is 306 g/mol. The van der Waals surface area contributed by atoms with Crippen LogP contribution in [0.2, 0.25) is 0 Å². The lowest BCUT2D eigenvalue weighted by molar-refractivity contribution is 0.283. The van der Waals surface area contributed by atoms with Gasteiger partial charge in [0.05, 0.1) is 12.3 Å². The van der Waals surface area contributed by atoms with Crippen molar-refractivity contribution < 1.29 is 5.11 Å². The van der Waals surface area contributed by atoms with Gasteiger partial charge in [0.2, 0.25) is 0 Å². The van der Waals surface area contributed by atoms with Crippen LogP contribution in [0.4, 0.5) is 5.82 Å². The lowest BCUT2D eigenvalue weighted by Crippen LogP contribution is -2.43. The van der Waals surface area contributed by atoms with Crippen LogP contribution in [0.15, 0.2) is 11.6 Å². The number of rotatable bonds is 7. The van der Waals surface area contributed by atoms with Crippen molar-refractivity contribution in [1.82, 2.24) is 14.7 Å². The fraction of sp³-hybridized carbons (Fsp3) is 0.667. The van der Waals surface area contributed by atoms with E-state index < -0.39 is 0 Å². The SMILES string of the molecule is OCCN(c1nc2sccn2c1CNC1CC1)C1CCC1. The lowest BCUT2D eigenvalue weighted by atomic mass is 9.91. The third-order valence-corrected chi connectivity index (χ3v) is 5.36. The van der Waals surface area contributed by atoms with Gasteiger partial charge in [-0.25, -0.2) is 4.98 Å². The fourth-order valence-corrected chi connectivity index (χ4v) is 3.74. The second kappa shape index (κ2) is 5.59. The number of aliphatic hydroxyl groups is 1. The first kappa shape index (κ1) is 13.5. The number of thiazole rings is 1. The standard InChI is InChI=1S/C15H22N4OS/c20-8-6-18(12-2-1-3-12)14-13(10-16-11-4-5-11)19-7-9-21-15(19)17-14/h7,9,11-12,16,20H,1-6,8,10H2. The van der Waals surface area contributed by atoms with Gasteiger partial charge < -0.3 is 15.3 Å². The van der Waals surface area contributed by atoms with Gasteiger partial charge in [-0.3, -0.25) is 4.40 Å². The highest BCUT2D eigenvalue weighted by Crippen LogP contribution is 2.33. The zero-order valence-electron chi connectivity index (χ0n) is 12.2.